The van der Waals surface area contributed by atoms with Crippen molar-refractivity contribution in [2.24, 2.45) is 9.98 Å². The van der Waals surface area contributed by atoms with E-state index in [0.717, 1.165) is 33.4 Å². The van der Waals surface area contributed by atoms with Crippen molar-refractivity contribution in [2.45, 2.75) is 5.62 Å². The number of benzene rings is 6. The number of nitrogens with one attached hydrogen (secondary N) is 1. The van der Waals surface area contributed by atoms with Crippen LogP contribution in [0.3, 0.4) is 0 Å². The van der Waals surface area contributed by atoms with Crippen LogP contribution in [0.1, 0.15) is 11.1 Å². The first-order chi connectivity index (χ1) is 21.2. The molecule has 0 fully saturated rings. The smallest absolute Gasteiger partial charge is 0.198 e. The minimum Gasteiger partial charge on any atom is -0.335 e. The molecule has 0 amide bonds. The van der Waals surface area contributed by atoms with Crippen LogP contribution in [-0.2, 0) is 0 Å². The summed E-state index contributed by atoms with van der Waals surface area (Å²) in [4.78, 5) is 9.49. The van der Waals surface area contributed by atoms with Gasteiger partial charge in [0.05, 0.1) is 0 Å². The van der Waals surface area contributed by atoms with Gasteiger partial charge in [-0.25, -0.2) is 9.98 Å². The normalized spacial score (nSPS) is 14.4. The van der Waals surface area contributed by atoms with E-state index in [0.29, 0.717) is 11.7 Å². The van der Waals surface area contributed by atoms with E-state index in [1.807, 2.05) is 18.2 Å². The van der Waals surface area contributed by atoms with Gasteiger partial charge in [-0.1, -0.05) is 151 Å². The van der Waals surface area contributed by atoms with Crippen LogP contribution in [0.2, 0.25) is 0 Å². The molecule has 4 heteroatoms. The summed E-state index contributed by atoms with van der Waals surface area (Å²) in [6.07, 6.45) is 0. The minimum absolute atomic E-state index is 0.606. The number of amidine groups is 2. The lowest BCUT2D eigenvalue weighted by molar-refractivity contribution is 0.831. The van der Waals surface area contributed by atoms with Gasteiger partial charge in [-0.15, -0.1) is 0 Å². The van der Waals surface area contributed by atoms with Crippen molar-refractivity contribution in [2.75, 3.05) is 0 Å². The van der Waals surface area contributed by atoms with E-state index >= 15 is 0 Å². The van der Waals surface area contributed by atoms with Gasteiger partial charge in [-0.2, -0.15) is 0 Å². The summed E-state index contributed by atoms with van der Waals surface area (Å²) in [6.45, 7) is 0. The maximum absolute atomic E-state index is 6.57. The predicted molar refractivity (Wildman–Crippen MR) is 180 cm³/mol. The summed E-state index contributed by atoms with van der Waals surface area (Å²) in [5, 5.41) is 3.24. The standard InChI is InChI=1S/C39H28ClN3/c40-39-42-37(30-22-20-29(21-23-30)33-16-7-14-31(24-33)27-10-3-1-4-11-27)41-38(43-39)36-19-9-18-35(26-36)34-17-8-15-32(25-34)28-12-5-2-6-13-28/h1-26,39H,(H,41,42,43). The molecule has 206 valence electrons. The fourth-order valence-electron chi connectivity index (χ4n) is 5.38. The van der Waals surface area contributed by atoms with E-state index in [1.165, 1.54) is 22.3 Å². The molecule has 1 heterocycles. The average Bonchev–Trinajstić information content (AvgIpc) is 3.09. The second-order valence-electron chi connectivity index (χ2n) is 10.4. The van der Waals surface area contributed by atoms with E-state index in [2.05, 4.69) is 150 Å². The summed E-state index contributed by atoms with van der Waals surface area (Å²) in [5.41, 5.74) is 10.6. The molecule has 0 spiro atoms. The highest BCUT2D eigenvalue weighted by Gasteiger charge is 2.18. The Balaban J connectivity index is 1.15. The molecule has 6 aromatic rings. The van der Waals surface area contributed by atoms with Crippen LogP contribution < -0.4 is 5.32 Å². The van der Waals surface area contributed by atoms with Gasteiger partial charge in [0.15, 0.2) is 11.5 Å². The molecule has 0 aromatic heterocycles. The Morgan fingerprint density at radius 1 is 0.395 bits per heavy atom. The Bertz CT molecular complexity index is 1950. The summed E-state index contributed by atoms with van der Waals surface area (Å²) < 4.78 is 0. The molecule has 1 aliphatic rings. The monoisotopic (exact) mass is 573 g/mol. The Morgan fingerprint density at radius 2 is 0.767 bits per heavy atom. The van der Waals surface area contributed by atoms with Crippen LogP contribution in [0.15, 0.2) is 168 Å². The van der Waals surface area contributed by atoms with Gasteiger partial charge in [0, 0.05) is 11.1 Å². The SMILES string of the molecule is ClC1N=C(c2ccc(-c3cccc(-c4ccccc4)c3)cc2)N=C(c2cccc(-c3cccc(-c4ccccc4)c3)c2)N1. The molecule has 0 saturated carbocycles. The second kappa shape index (κ2) is 11.9. The molecule has 1 unspecified atom stereocenters. The number of alkyl halides is 1. The van der Waals surface area contributed by atoms with Gasteiger partial charge < -0.3 is 5.32 Å². The molecule has 6 aromatic carbocycles. The highest BCUT2D eigenvalue weighted by atomic mass is 35.5. The van der Waals surface area contributed by atoms with Crippen LogP contribution in [0.25, 0.3) is 44.5 Å². The first-order valence-electron chi connectivity index (χ1n) is 14.3. The van der Waals surface area contributed by atoms with Crippen molar-refractivity contribution >= 4 is 23.3 Å². The number of hydrogen-bond donors (Lipinski definition) is 1. The summed E-state index contributed by atoms with van der Waals surface area (Å²) in [7, 11) is 0. The topological polar surface area (TPSA) is 36.8 Å². The molecule has 7 rings (SSSR count). The first-order valence-corrected chi connectivity index (χ1v) is 14.7. The molecule has 1 atom stereocenters. The predicted octanol–water partition coefficient (Wildman–Crippen LogP) is 9.67. The van der Waals surface area contributed by atoms with Crippen LogP contribution in [-0.4, -0.2) is 17.3 Å². The van der Waals surface area contributed by atoms with Crippen LogP contribution in [0, 0.1) is 0 Å². The first kappa shape index (κ1) is 26.6. The average molecular weight is 574 g/mol. The molecule has 3 nitrogen and oxygen atoms in total. The largest absolute Gasteiger partial charge is 0.335 e. The molecule has 43 heavy (non-hydrogen) atoms. The molecule has 0 saturated heterocycles. The zero-order valence-electron chi connectivity index (χ0n) is 23.4. The van der Waals surface area contributed by atoms with Crippen LogP contribution >= 0.6 is 11.6 Å². The molecule has 1 aliphatic heterocycles. The van der Waals surface area contributed by atoms with Crippen LogP contribution in [0.5, 0.6) is 0 Å². The Hall–Kier alpha value is -5.25. The molecular formula is C39H28ClN3. The quantitative estimate of drug-likeness (QED) is 0.156. The third-order valence-corrected chi connectivity index (χ3v) is 7.80. The van der Waals surface area contributed by atoms with Gasteiger partial charge in [0.25, 0.3) is 0 Å². The number of halogens is 1. The fourth-order valence-corrected chi connectivity index (χ4v) is 5.58. The molecule has 0 aliphatic carbocycles. The third kappa shape index (κ3) is 5.90. The van der Waals surface area contributed by atoms with E-state index in [9.17, 15) is 0 Å². The van der Waals surface area contributed by atoms with E-state index in [4.69, 9.17) is 16.6 Å². The Kier molecular flexibility index (Phi) is 7.39. The molecule has 1 N–H and O–H groups in total. The van der Waals surface area contributed by atoms with Crippen molar-refractivity contribution in [1.82, 2.24) is 5.32 Å². The molecule has 0 bridgehead atoms. The zero-order valence-corrected chi connectivity index (χ0v) is 24.1. The summed E-state index contributed by atoms with van der Waals surface area (Å²) in [5.74, 6) is 1.31. The van der Waals surface area contributed by atoms with Crippen molar-refractivity contribution < 1.29 is 0 Å². The third-order valence-electron chi connectivity index (χ3n) is 7.59. The highest BCUT2D eigenvalue weighted by Crippen LogP contribution is 2.29. The van der Waals surface area contributed by atoms with Crippen molar-refractivity contribution in [3.8, 4) is 44.5 Å². The Labute approximate surface area is 256 Å². The maximum atomic E-state index is 6.57. The van der Waals surface area contributed by atoms with Gasteiger partial charge in [0.1, 0.15) is 5.84 Å². The van der Waals surface area contributed by atoms with Gasteiger partial charge in [-0.05, 0) is 62.7 Å². The zero-order chi connectivity index (χ0) is 29.0. The maximum Gasteiger partial charge on any atom is 0.198 e. The molecular weight excluding hydrogens is 546 g/mol. The number of rotatable bonds is 6. The summed E-state index contributed by atoms with van der Waals surface area (Å²) >= 11 is 6.57. The number of aliphatic imine (C=N–C) groups is 2. The van der Waals surface area contributed by atoms with E-state index in [1.54, 1.807) is 0 Å². The van der Waals surface area contributed by atoms with Crippen molar-refractivity contribution in [3.63, 3.8) is 0 Å². The van der Waals surface area contributed by atoms with Gasteiger partial charge in [-0.3, -0.25) is 0 Å². The van der Waals surface area contributed by atoms with E-state index < -0.39 is 5.62 Å². The second-order valence-corrected chi connectivity index (χ2v) is 10.9. The minimum atomic E-state index is -0.616. The lowest BCUT2D eigenvalue weighted by atomic mass is 9.97. The number of hydrogen-bond acceptors (Lipinski definition) is 3. The van der Waals surface area contributed by atoms with Crippen LogP contribution in [0.4, 0.5) is 0 Å². The van der Waals surface area contributed by atoms with E-state index in [-0.39, 0.29) is 0 Å². The Morgan fingerprint density at radius 3 is 1.28 bits per heavy atom. The summed E-state index contributed by atoms with van der Waals surface area (Å²) in [6, 6.07) is 54.8. The number of nitrogens with zero attached hydrogens (tertiary/aromatic N) is 2. The van der Waals surface area contributed by atoms with Gasteiger partial charge >= 0.3 is 0 Å². The lowest BCUT2D eigenvalue weighted by Crippen LogP contribution is -2.35. The van der Waals surface area contributed by atoms with Crippen molar-refractivity contribution in [3.05, 3.63) is 169 Å². The van der Waals surface area contributed by atoms with Gasteiger partial charge in [0.2, 0.25) is 0 Å². The fraction of sp³-hybridized carbons (Fsp3) is 0.0256. The molecule has 0 radical (unpaired) electrons. The van der Waals surface area contributed by atoms with Crippen molar-refractivity contribution in [1.29, 1.82) is 0 Å². The lowest BCUT2D eigenvalue weighted by Gasteiger charge is -2.19. The highest BCUT2D eigenvalue weighted by molar-refractivity contribution is 6.25.